The van der Waals surface area contributed by atoms with Crippen LogP contribution in [0, 0.1) is 12.8 Å². The van der Waals surface area contributed by atoms with Gasteiger partial charge in [0, 0.05) is 26.6 Å². The molecule has 1 aliphatic rings. The summed E-state index contributed by atoms with van der Waals surface area (Å²) < 4.78 is 0. The Morgan fingerprint density at radius 2 is 2.14 bits per heavy atom. The molecule has 0 bridgehead atoms. The van der Waals surface area contributed by atoms with Gasteiger partial charge in [-0.15, -0.1) is 0 Å². The fourth-order valence-corrected chi connectivity index (χ4v) is 3.25. The van der Waals surface area contributed by atoms with Gasteiger partial charge in [-0.1, -0.05) is 35.3 Å². The second-order valence-corrected chi connectivity index (χ2v) is 6.61. The van der Waals surface area contributed by atoms with Crippen LogP contribution < -0.4 is 5.32 Å². The van der Waals surface area contributed by atoms with E-state index >= 15 is 0 Å². The van der Waals surface area contributed by atoms with E-state index in [2.05, 4.69) is 16.3 Å². The molecular formula is C16H22Cl2N2O. The number of aryl methyl sites for hydroxylation is 1. The third kappa shape index (κ3) is 4.60. The number of benzene rings is 1. The number of hydrogen-bond acceptors (Lipinski definition) is 2. The van der Waals surface area contributed by atoms with Crippen molar-refractivity contribution in [1.29, 1.82) is 0 Å². The molecule has 0 aliphatic carbocycles. The summed E-state index contributed by atoms with van der Waals surface area (Å²) in [6, 6.07) is 4.07. The molecule has 0 aromatic heterocycles. The van der Waals surface area contributed by atoms with Crippen LogP contribution in [0.25, 0.3) is 0 Å². The monoisotopic (exact) mass is 328 g/mol. The van der Waals surface area contributed by atoms with E-state index in [4.69, 9.17) is 23.2 Å². The Kier molecular flexibility index (Phi) is 5.91. The highest BCUT2D eigenvalue weighted by Crippen LogP contribution is 2.30. The standard InChI is InChI=1S/C16H22Cl2N2O/c1-11-5-6-14(16(18)15(11)17)10-20-7-3-4-13(9-20)8-19-12(2)21/h5-6,13H,3-4,7-10H2,1-2H3,(H,19,21). The highest BCUT2D eigenvalue weighted by atomic mass is 35.5. The van der Waals surface area contributed by atoms with E-state index in [0.717, 1.165) is 43.7 Å². The summed E-state index contributed by atoms with van der Waals surface area (Å²) in [5.41, 5.74) is 2.08. The SMILES string of the molecule is CC(=O)NCC1CCCN(Cc2ccc(C)c(Cl)c2Cl)C1. The van der Waals surface area contributed by atoms with Gasteiger partial charge in [0.05, 0.1) is 10.0 Å². The zero-order chi connectivity index (χ0) is 15.4. The van der Waals surface area contributed by atoms with Crippen molar-refractivity contribution in [3.05, 3.63) is 33.3 Å². The summed E-state index contributed by atoms with van der Waals surface area (Å²) in [6.45, 7) is 7.15. The number of amides is 1. The molecule has 3 nitrogen and oxygen atoms in total. The van der Waals surface area contributed by atoms with Gasteiger partial charge < -0.3 is 5.32 Å². The first-order chi connectivity index (χ1) is 9.97. The molecule has 1 N–H and O–H groups in total. The molecule has 0 spiro atoms. The van der Waals surface area contributed by atoms with Crippen molar-refractivity contribution in [3.8, 4) is 0 Å². The lowest BCUT2D eigenvalue weighted by Gasteiger charge is -2.33. The molecule has 1 aromatic rings. The average Bonchev–Trinajstić information content (AvgIpc) is 2.46. The quantitative estimate of drug-likeness (QED) is 0.914. The van der Waals surface area contributed by atoms with Crippen LogP contribution in [0.5, 0.6) is 0 Å². The zero-order valence-electron chi connectivity index (χ0n) is 12.6. The normalized spacial score (nSPS) is 19.5. The van der Waals surface area contributed by atoms with Gasteiger partial charge in [-0.2, -0.15) is 0 Å². The van der Waals surface area contributed by atoms with Gasteiger partial charge in [-0.3, -0.25) is 9.69 Å². The van der Waals surface area contributed by atoms with Crippen LogP contribution in [0.15, 0.2) is 12.1 Å². The molecule has 1 atom stereocenters. The van der Waals surface area contributed by atoms with Crippen molar-refractivity contribution in [1.82, 2.24) is 10.2 Å². The second-order valence-electron chi connectivity index (χ2n) is 5.85. The zero-order valence-corrected chi connectivity index (χ0v) is 14.1. The summed E-state index contributed by atoms with van der Waals surface area (Å²) in [4.78, 5) is 13.4. The van der Waals surface area contributed by atoms with Crippen molar-refractivity contribution in [2.45, 2.75) is 33.2 Å². The Morgan fingerprint density at radius 1 is 1.38 bits per heavy atom. The van der Waals surface area contributed by atoms with Crippen LogP contribution in [-0.2, 0) is 11.3 Å². The predicted octanol–water partition coefficient (Wildman–Crippen LogP) is 3.65. The maximum absolute atomic E-state index is 11.0. The largest absolute Gasteiger partial charge is 0.356 e. The summed E-state index contributed by atoms with van der Waals surface area (Å²) in [5.74, 6) is 0.558. The summed E-state index contributed by atoms with van der Waals surface area (Å²) in [6.07, 6.45) is 2.32. The van der Waals surface area contributed by atoms with Crippen molar-refractivity contribution in [2.75, 3.05) is 19.6 Å². The highest BCUT2D eigenvalue weighted by Gasteiger charge is 2.21. The number of carbonyl (C=O) groups excluding carboxylic acids is 1. The van der Waals surface area contributed by atoms with Crippen LogP contribution in [-0.4, -0.2) is 30.4 Å². The molecule has 1 unspecified atom stereocenters. The molecule has 2 rings (SSSR count). The van der Waals surface area contributed by atoms with Crippen LogP contribution in [0.4, 0.5) is 0 Å². The van der Waals surface area contributed by atoms with Gasteiger partial charge >= 0.3 is 0 Å². The smallest absolute Gasteiger partial charge is 0.216 e. The number of piperidine rings is 1. The molecule has 5 heteroatoms. The Balaban J connectivity index is 1.96. The summed E-state index contributed by atoms with van der Waals surface area (Å²) in [5, 5.41) is 4.24. The van der Waals surface area contributed by atoms with Gasteiger partial charge in [0.1, 0.15) is 0 Å². The molecule has 1 saturated heterocycles. The minimum absolute atomic E-state index is 0.0421. The number of likely N-dealkylation sites (tertiary alicyclic amines) is 1. The van der Waals surface area contributed by atoms with Crippen LogP contribution >= 0.6 is 23.2 Å². The molecule has 0 radical (unpaired) electrons. The first kappa shape index (κ1) is 16.6. The van der Waals surface area contributed by atoms with E-state index in [1.54, 1.807) is 6.92 Å². The Labute approximate surface area is 136 Å². The van der Waals surface area contributed by atoms with E-state index in [0.29, 0.717) is 16.0 Å². The molecule has 1 fully saturated rings. The van der Waals surface area contributed by atoms with Gasteiger partial charge in [0.2, 0.25) is 5.91 Å². The lowest BCUT2D eigenvalue weighted by Crippen LogP contribution is -2.40. The number of hydrogen-bond donors (Lipinski definition) is 1. The van der Waals surface area contributed by atoms with Crippen LogP contribution in [0.2, 0.25) is 10.0 Å². The van der Waals surface area contributed by atoms with Crippen molar-refractivity contribution in [2.24, 2.45) is 5.92 Å². The van der Waals surface area contributed by atoms with Crippen molar-refractivity contribution >= 4 is 29.1 Å². The fourth-order valence-electron chi connectivity index (χ4n) is 2.80. The molecule has 1 heterocycles. The average molecular weight is 329 g/mol. The molecule has 116 valence electrons. The third-order valence-electron chi connectivity index (χ3n) is 3.99. The molecule has 1 aliphatic heterocycles. The fraction of sp³-hybridized carbons (Fsp3) is 0.562. The maximum Gasteiger partial charge on any atom is 0.216 e. The van der Waals surface area contributed by atoms with Gasteiger partial charge in [0.15, 0.2) is 0 Å². The molecule has 1 aromatic carbocycles. The van der Waals surface area contributed by atoms with E-state index < -0.39 is 0 Å². The van der Waals surface area contributed by atoms with Gasteiger partial charge in [0.25, 0.3) is 0 Å². The number of rotatable bonds is 4. The van der Waals surface area contributed by atoms with E-state index in [1.807, 2.05) is 13.0 Å². The number of nitrogens with one attached hydrogen (secondary N) is 1. The predicted molar refractivity (Wildman–Crippen MR) is 87.9 cm³/mol. The number of nitrogens with zero attached hydrogens (tertiary/aromatic N) is 1. The van der Waals surface area contributed by atoms with Crippen LogP contribution in [0.1, 0.15) is 30.9 Å². The number of halogens is 2. The third-order valence-corrected chi connectivity index (χ3v) is 5.01. The van der Waals surface area contributed by atoms with E-state index in [-0.39, 0.29) is 5.91 Å². The first-order valence-corrected chi connectivity index (χ1v) is 8.13. The molecule has 0 saturated carbocycles. The lowest BCUT2D eigenvalue weighted by atomic mass is 9.97. The molecular weight excluding hydrogens is 307 g/mol. The Morgan fingerprint density at radius 3 is 2.86 bits per heavy atom. The minimum atomic E-state index is 0.0421. The summed E-state index contributed by atoms with van der Waals surface area (Å²) in [7, 11) is 0. The summed E-state index contributed by atoms with van der Waals surface area (Å²) >= 11 is 12.6. The van der Waals surface area contributed by atoms with E-state index in [9.17, 15) is 4.79 Å². The Hall–Kier alpha value is -0.770. The lowest BCUT2D eigenvalue weighted by molar-refractivity contribution is -0.119. The maximum atomic E-state index is 11.0. The molecule has 1 amide bonds. The highest BCUT2D eigenvalue weighted by molar-refractivity contribution is 6.42. The Bertz CT molecular complexity index is 519. The second kappa shape index (κ2) is 7.48. The van der Waals surface area contributed by atoms with E-state index in [1.165, 1.54) is 6.42 Å². The number of carbonyl (C=O) groups is 1. The van der Waals surface area contributed by atoms with Gasteiger partial charge in [-0.25, -0.2) is 0 Å². The molecule has 21 heavy (non-hydrogen) atoms. The topological polar surface area (TPSA) is 32.3 Å². The van der Waals surface area contributed by atoms with Gasteiger partial charge in [-0.05, 0) is 43.4 Å². The first-order valence-electron chi connectivity index (χ1n) is 7.37. The van der Waals surface area contributed by atoms with Crippen molar-refractivity contribution < 1.29 is 4.79 Å². The van der Waals surface area contributed by atoms with Crippen LogP contribution in [0.3, 0.4) is 0 Å². The minimum Gasteiger partial charge on any atom is -0.356 e. The van der Waals surface area contributed by atoms with Crippen molar-refractivity contribution in [3.63, 3.8) is 0 Å².